The van der Waals surface area contributed by atoms with Crippen molar-refractivity contribution < 1.29 is 9.47 Å². The summed E-state index contributed by atoms with van der Waals surface area (Å²) in [4.78, 5) is 0. The van der Waals surface area contributed by atoms with Gasteiger partial charge in [0, 0.05) is 5.54 Å². The molecular formula is C10H11NO2. The Labute approximate surface area is 76.4 Å². The molecule has 3 heteroatoms. The van der Waals surface area contributed by atoms with Crippen LogP contribution in [0.15, 0.2) is 18.2 Å². The van der Waals surface area contributed by atoms with Crippen molar-refractivity contribution in [2.24, 2.45) is 5.73 Å². The molecule has 68 valence electrons. The first kappa shape index (κ1) is 7.21. The van der Waals surface area contributed by atoms with Crippen molar-refractivity contribution in [2.75, 3.05) is 6.79 Å². The summed E-state index contributed by atoms with van der Waals surface area (Å²) in [6, 6.07) is 5.96. The van der Waals surface area contributed by atoms with Gasteiger partial charge in [-0.3, -0.25) is 0 Å². The second kappa shape index (κ2) is 2.17. The monoisotopic (exact) mass is 177 g/mol. The highest BCUT2D eigenvalue weighted by Crippen LogP contribution is 2.45. The fraction of sp³-hybridized carbons (Fsp3) is 0.400. The van der Waals surface area contributed by atoms with E-state index in [0.717, 1.165) is 29.9 Å². The van der Waals surface area contributed by atoms with Gasteiger partial charge < -0.3 is 15.2 Å². The number of benzene rings is 1. The van der Waals surface area contributed by atoms with Crippen molar-refractivity contribution in [1.29, 1.82) is 0 Å². The molecule has 1 aromatic carbocycles. The molecule has 3 rings (SSSR count). The standard InChI is InChI=1S/C10H11NO2/c11-10(3-4-10)7-1-2-8-9(5-7)13-6-12-8/h1-2,5H,3-4,6,11H2. The molecule has 0 aromatic heterocycles. The minimum atomic E-state index is -0.0824. The summed E-state index contributed by atoms with van der Waals surface area (Å²) in [5, 5.41) is 0. The maximum absolute atomic E-state index is 6.07. The van der Waals surface area contributed by atoms with Crippen molar-refractivity contribution in [2.45, 2.75) is 18.4 Å². The molecule has 1 aliphatic heterocycles. The summed E-state index contributed by atoms with van der Waals surface area (Å²) in [5.41, 5.74) is 7.15. The van der Waals surface area contributed by atoms with Crippen molar-refractivity contribution >= 4 is 0 Å². The second-order valence-electron chi connectivity index (χ2n) is 3.72. The zero-order valence-electron chi connectivity index (χ0n) is 7.25. The van der Waals surface area contributed by atoms with Crippen LogP contribution in [0.2, 0.25) is 0 Å². The van der Waals surface area contributed by atoms with Gasteiger partial charge in [-0.05, 0) is 30.5 Å². The van der Waals surface area contributed by atoms with E-state index in [4.69, 9.17) is 15.2 Å². The van der Waals surface area contributed by atoms with Crippen LogP contribution in [0.4, 0.5) is 0 Å². The fourth-order valence-corrected chi connectivity index (χ4v) is 1.63. The molecule has 2 N–H and O–H groups in total. The topological polar surface area (TPSA) is 44.5 Å². The second-order valence-corrected chi connectivity index (χ2v) is 3.72. The fourth-order valence-electron chi connectivity index (χ4n) is 1.63. The first-order valence-corrected chi connectivity index (χ1v) is 4.47. The smallest absolute Gasteiger partial charge is 0.231 e. The zero-order chi connectivity index (χ0) is 8.89. The van der Waals surface area contributed by atoms with Crippen LogP contribution in [-0.4, -0.2) is 6.79 Å². The van der Waals surface area contributed by atoms with E-state index in [-0.39, 0.29) is 5.54 Å². The highest BCUT2D eigenvalue weighted by molar-refractivity contribution is 5.47. The van der Waals surface area contributed by atoms with E-state index in [1.54, 1.807) is 0 Å². The molecule has 1 aromatic rings. The van der Waals surface area contributed by atoms with Gasteiger partial charge in [-0.25, -0.2) is 0 Å². The van der Waals surface area contributed by atoms with E-state index in [9.17, 15) is 0 Å². The minimum Gasteiger partial charge on any atom is -0.454 e. The molecule has 2 aliphatic rings. The van der Waals surface area contributed by atoms with Crippen molar-refractivity contribution in [3.05, 3.63) is 23.8 Å². The summed E-state index contributed by atoms with van der Waals surface area (Å²) in [7, 11) is 0. The molecule has 3 nitrogen and oxygen atoms in total. The minimum absolute atomic E-state index is 0.0824. The van der Waals surface area contributed by atoms with Gasteiger partial charge in [0.2, 0.25) is 6.79 Å². The Morgan fingerprint density at radius 1 is 1.15 bits per heavy atom. The van der Waals surface area contributed by atoms with Crippen LogP contribution in [0, 0.1) is 0 Å². The molecule has 1 aliphatic carbocycles. The van der Waals surface area contributed by atoms with E-state index in [2.05, 4.69) is 0 Å². The van der Waals surface area contributed by atoms with Gasteiger partial charge in [-0.15, -0.1) is 0 Å². The average molecular weight is 177 g/mol. The summed E-state index contributed by atoms with van der Waals surface area (Å²) >= 11 is 0. The molecule has 1 saturated carbocycles. The van der Waals surface area contributed by atoms with Crippen molar-refractivity contribution in [3.63, 3.8) is 0 Å². The molecule has 0 unspecified atom stereocenters. The van der Waals surface area contributed by atoms with Crippen LogP contribution < -0.4 is 15.2 Å². The maximum Gasteiger partial charge on any atom is 0.231 e. The number of nitrogens with two attached hydrogens (primary N) is 1. The Bertz CT molecular complexity index is 358. The number of hydrogen-bond donors (Lipinski definition) is 1. The third-order valence-electron chi connectivity index (χ3n) is 2.74. The number of fused-ring (bicyclic) bond motifs is 1. The van der Waals surface area contributed by atoms with Crippen LogP contribution in [0.1, 0.15) is 18.4 Å². The van der Waals surface area contributed by atoms with Crippen LogP contribution >= 0.6 is 0 Å². The predicted molar refractivity (Wildman–Crippen MR) is 47.7 cm³/mol. The third-order valence-corrected chi connectivity index (χ3v) is 2.74. The molecule has 0 saturated heterocycles. The lowest BCUT2D eigenvalue weighted by Crippen LogP contribution is -2.18. The van der Waals surface area contributed by atoms with Gasteiger partial charge >= 0.3 is 0 Å². The lowest BCUT2D eigenvalue weighted by molar-refractivity contribution is 0.174. The Kier molecular flexibility index (Phi) is 1.21. The van der Waals surface area contributed by atoms with E-state index in [1.807, 2.05) is 18.2 Å². The van der Waals surface area contributed by atoms with Gasteiger partial charge in [-0.2, -0.15) is 0 Å². The molecule has 1 fully saturated rings. The Hall–Kier alpha value is -1.22. The number of rotatable bonds is 1. The molecular weight excluding hydrogens is 166 g/mol. The highest BCUT2D eigenvalue weighted by atomic mass is 16.7. The lowest BCUT2D eigenvalue weighted by Gasteiger charge is -2.08. The molecule has 0 amide bonds. The lowest BCUT2D eigenvalue weighted by atomic mass is 10.1. The normalized spacial score (nSPS) is 21.6. The Balaban J connectivity index is 2.05. The first-order chi connectivity index (χ1) is 6.28. The van der Waals surface area contributed by atoms with Gasteiger partial charge in [-0.1, -0.05) is 6.07 Å². The van der Waals surface area contributed by atoms with Gasteiger partial charge in [0.1, 0.15) is 0 Å². The molecule has 0 bridgehead atoms. The highest BCUT2D eigenvalue weighted by Gasteiger charge is 2.40. The largest absolute Gasteiger partial charge is 0.454 e. The zero-order valence-corrected chi connectivity index (χ0v) is 7.25. The first-order valence-electron chi connectivity index (χ1n) is 4.47. The van der Waals surface area contributed by atoms with E-state index < -0.39 is 0 Å². The summed E-state index contributed by atoms with van der Waals surface area (Å²) < 4.78 is 10.5. The van der Waals surface area contributed by atoms with Crippen molar-refractivity contribution in [3.8, 4) is 11.5 Å². The number of ether oxygens (including phenoxy) is 2. The molecule has 0 radical (unpaired) electrons. The quantitative estimate of drug-likeness (QED) is 0.704. The molecule has 0 spiro atoms. The summed E-state index contributed by atoms with van der Waals surface area (Å²) in [5.74, 6) is 1.65. The average Bonchev–Trinajstić information content (AvgIpc) is 2.74. The van der Waals surface area contributed by atoms with E-state index in [0.29, 0.717) is 6.79 Å². The van der Waals surface area contributed by atoms with Crippen LogP contribution in [-0.2, 0) is 5.54 Å². The molecule has 0 atom stereocenters. The predicted octanol–water partition coefficient (Wildman–Crippen LogP) is 1.36. The molecule has 1 heterocycles. The van der Waals surface area contributed by atoms with E-state index in [1.165, 1.54) is 0 Å². The van der Waals surface area contributed by atoms with Crippen molar-refractivity contribution in [1.82, 2.24) is 0 Å². The molecule has 13 heavy (non-hydrogen) atoms. The summed E-state index contributed by atoms with van der Waals surface area (Å²) in [6.45, 7) is 0.330. The van der Waals surface area contributed by atoms with E-state index >= 15 is 0 Å². The third kappa shape index (κ3) is 1.00. The van der Waals surface area contributed by atoms with Gasteiger partial charge in [0.05, 0.1) is 0 Å². The summed E-state index contributed by atoms with van der Waals surface area (Å²) in [6.07, 6.45) is 2.15. The van der Waals surface area contributed by atoms with Gasteiger partial charge in [0.15, 0.2) is 11.5 Å². The van der Waals surface area contributed by atoms with Crippen LogP contribution in [0.25, 0.3) is 0 Å². The van der Waals surface area contributed by atoms with Crippen LogP contribution in [0.3, 0.4) is 0 Å². The SMILES string of the molecule is NC1(c2ccc3c(c2)OCO3)CC1. The Morgan fingerprint density at radius 3 is 2.69 bits per heavy atom. The van der Waals surface area contributed by atoms with Gasteiger partial charge in [0.25, 0.3) is 0 Å². The van der Waals surface area contributed by atoms with Crippen LogP contribution in [0.5, 0.6) is 11.5 Å². The number of hydrogen-bond acceptors (Lipinski definition) is 3. The Morgan fingerprint density at radius 2 is 1.92 bits per heavy atom. The maximum atomic E-state index is 6.07.